The molecule has 20 heavy (non-hydrogen) atoms. The lowest BCUT2D eigenvalue weighted by atomic mass is 9.97. The van der Waals surface area contributed by atoms with Crippen LogP contribution in [0.25, 0.3) is 0 Å². The summed E-state index contributed by atoms with van der Waals surface area (Å²) < 4.78 is 0. The lowest BCUT2D eigenvalue weighted by Crippen LogP contribution is -2.42. The van der Waals surface area contributed by atoms with Crippen molar-refractivity contribution < 1.29 is 14.7 Å². The van der Waals surface area contributed by atoms with Gasteiger partial charge in [0.2, 0.25) is 5.91 Å². The van der Waals surface area contributed by atoms with Gasteiger partial charge in [-0.25, -0.2) is 9.78 Å². The van der Waals surface area contributed by atoms with Crippen molar-refractivity contribution >= 4 is 11.9 Å². The first-order valence-electron chi connectivity index (χ1n) is 6.82. The van der Waals surface area contributed by atoms with Gasteiger partial charge in [0.1, 0.15) is 6.04 Å². The highest BCUT2D eigenvalue weighted by Crippen LogP contribution is 2.19. The molecule has 1 aliphatic rings. The van der Waals surface area contributed by atoms with Gasteiger partial charge in [0.15, 0.2) is 0 Å². The Hall–Kier alpha value is -2.11. The number of H-pyrrole nitrogens is 1. The molecule has 3 N–H and O–H groups in total. The van der Waals surface area contributed by atoms with E-state index < -0.39 is 12.0 Å². The van der Waals surface area contributed by atoms with Crippen LogP contribution in [0.1, 0.15) is 37.8 Å². The molecule has 1 aromatic rings. The van der Waals surface area contributed by atoms with Crippen LogP contribution in [0.3, 0.4) is 0 Å². The number of rotatable bonds is 6. The van der Waals surface area contributed by atoms with Gasteiger partial charge in [-0.05, 0) is 25.7 Å². The Balaban J connectivity index is 1.88. The summed E-state index contributed by atoms with van der Waals surface area (Å²) >= 11 is 0. The maximum Gasteiger partial charge on any atom is 0.326 e. The molecule has 1 aromatic heterocycles. The number of aromatic nitrogens is 2. The van der Waals surface area contributed by atoms with E-state index in [1.54, 1.807) is 6.20 Å². The molecule has 0 saturated carbocycles. The smallest absolute Gasteiger partial charge is 0.326 e. The Morgan fingerprint density at radius 1 is 1.45 bits per heavy atom. The van der Waals surface area contributed by atoms with Crippen LogP contribution in [0.15, 0.2) is 24.2 Å². The van der Waals surface area contributed by atoms with Gasteiger partial charge in [0.25, 0.3) is 0 Å². The Labute approximate surface area is 117 Å². The number of amides is 1. The van der Waals surface area contributed by atoms with Crippen LogP contribution in [0.2, 0.25) is 0 Å². The van der Waals surface area contributed by atoms with Crippen molar-refractivity contribution in [3.8, 4) is 0 Å². The fraction of sp³-hybridized carbons (Fsp3) is 0.500. The SMILES string of the molecule is O=C(CC1=CCCCC1)NC(Cc1cnc[nH]1)C(=O)O. The van der Waals surface area contributed by atoms with Crippen LogP contribution in [0.4, 0.5) is 0 Å². The van der Waals surface area contributed by atoms with E-state index >= 15 is 0 Å². The van der Waals surface area contributed by atoms with Gasteiger partial charge in [0.05, 0.1) is 6.33 Å². The Kier molecular flexibility index (Phi) is 4.92. The van der Waals surface area contributed by atoms with Crippen molar-refractivity contribution in [1.29, 1.82) is 0 Å². The molecule has 1 unspecified atom stereocenters. The number of carboxylic acid groups (broad SMARTS) is 1. The lowest BCUT2D eigenvalue weighted by Gasteiger charge is -2.16. The third-order valence-corrected chi connectivity index (χ3v) is 3.38. The Bertz CT molecular complexity index is 494. The number of allylic oxidation sites excluding steroid dienone is 1. The molecule has 0 radical (unpaired) electrons. The normalized spacial score (nSPS) is 16.3. The summed E-state index contributed by atoms with van der Waals surface area (Å²) in [6, 6.07) is -0.924. The second kappa shape index (κ2) is 6.88. The van der Waals surface area contributed by atoms with Crippen LogP contribution in [-0.4, -0.2) is 33.0 Å². The van der Waals surface area contributed by atoms with Gasteiger partial charge in [-0.15, -0.1) is 0 Å². The zero-order chi connectivity index (χ0) is 14.4. The molecule has 6 nitrogen and oxygen atoms in total. The first-order chi connectivity index (χ1) is 9.65. The topological polar surface area (TPSA) is 95.1 Å². The second-order valence-corrected chi connectivity index (χ2v) is 5.02. The molecule has 2 rings (SSSR count). The summed E-state index contributed by atoms with van der Waals surface area (Å²) in [5, 5.41) is 11.7. The van der Waals surface area contributed by atoms with E-state index in [9.17, 15) is 9.59 Å². The standard InChI is InChI=1S/C14H19N3O3/c18-13(6-10-4-2-1-3-5-10)17-12(14(19)20)7-11-8-15-9-16-11/h4,8-9,12H,1-3,5-7H2,(H,15,16)(H,17,18)(H,19,20). The van der Waals surface area contributed by atoms with Gasteiger partial charge >= 0.3 is 5.97 Å². The number of aliphatic carboxylic acids is 1. The number of carbonyl (C=O) groups excluding carboxylic acids is 1. The van der Waals surface area contributed by atoms with Crippen molar-refractivity contribution in [3.05, 3.63) is 29.9 Å². The summed E-state index contributed by atoms with van der Waals surface area (Å²) in [6.07, 6.45) is 9.87. The molecular weight excluding hydrogens is 258 g/mol. The number of carbonyl (C=O) groups is 2. The predicted molar refractivity (Wildman–Crippen MR) is 73.0 cm³/mol. The molecule has 0 aromatic carbocycles. The quantitative estimate of drug-likeness (QED) is 0.685. The molecule has 108 valence electrons. The minimum Gasteiger partial charge on any atom is -0.480 e. The molecule has 0 aliphatic heterocycles. The average Bonchev–Trinajstić information content (AvgIpc) is 2.92. The van der Waals surface area contributed by atoms with Gasteiger partial charge < -0.3 is 15.4 Å². The van der Waals surface area contributed by atoms with E-state index in [4.69, 9.17) is 5.11 Å². The van der Waals surface area contributed by atoms with E-state index in [1.165, 1.54) is 12.7 Å². The summed E-state index contributed by atoms with van der Waals surface area (Å²) in [5.74, 6) is -1.27. The Morgan fingerprint density at radius 3 is 2.90 bits per heavy atom. The number of nitrogens with one attached hydrogen (secondary N) is 2. The summed E-state index contributed by atoms with van der Waals surface area (Å²) in [4.78, 5) is 29.8. The zero-order valence-corrected chi connectivity index (χ0v) is 11.3. The molecule has 1 amide bonds. The van der Waals surface area contributed by atoms with Crippen LogP contribution in [-0.2, 0) is 16.0 Å². The first-order valence-corrected chi connectivity index (χ1v) is 6.82. The van der Waals surface area contributed by atoms with Crippen molar-refractivity contribution in [2.24, 2.45) is 0 Å². The lowest BCUT2D eigenvalue weighted by molar-refractivity contribution is -0.141. The fourth-order valence-electron chi connectivity index (χ4n) is 2.33. The molecule has 0 spiro atoms. The van der Waals surface area contributed by atoms with E-state index in [-0.39, 0.29) is 12.3 Å². The fourth-order valence-corrected chi connectivity index (χ4v) is 2.33. The summed E-state index contributed by atoms with van der Waals surface area (Å²) in [5.41, 5.74) is 1.80. The highest BCUT2D eigenvalue weighted by Gasteiger charge is 2.21. The third-order valence-electron chi connectivity index (χ3n) is 3.38. The molecule has 1 atom stereocenters. The van der Waals surface area contributed by atoms with Crippen molar-refractivity contribution in [2.45, 2.75) is 44.6 Å². The van der Waals surface area contributed by atoms with Crippen LogP contribution >= 0.6 is 0 Å². The largest absolute Gasteiger partial charge is 0.480 e. The molecule has 1 heterocycles. The van der Waals surface area contributed by atoms with Crippen molar-refractivity contribution in [3.63, 3.8) is 0 Å². The van der Waals surface area contributed by atoms with Gasteiger partial charge in [-0.3, -0.25) is 4.79 Å². The van der Waals surface area contributed by atoms with E-state index in [0.717, 1.165) is 24.8 Å². The van der Waals surface area contributed by atoms with Crippen molar-refractivity contribution in [2.75, 3.05) is 0 Å². The summed E-state index contributed by atoms with van der Waals surface area (Å²) in [7, 11) is 0. The zero-order valence-electron chi connectivity index (χ0n) is 11.3. The third kappa shape index (κ3) is 4.22. The van der Waals surface area contributed by atoms with Crippen LogP contribution in [0.5, 0.6) is 0 Å². The van der Waals surface area contributed by atoms with E-state index in [0.29, 0.717) is 12.1 Å². The summed E-state index contributed by atoms with van der Waals surface area (Å²) in [6.45, 7) is 0. The van der Waals surface area contributed by atoms with Gasteiger partial charge in [-0.1, -0.05) is 11.6 Å². The number of aromatic amines is 1. The number of hydrogen-bond donors (Lipinski definition) is 3. The monoisotopic (exact) mass is 277 g/mol. The average molecular weight is 277 g/mol. The molecule has 0 fully saturated rings. The van der Waals surface area contributed by atoms with Crippen LogP contribution in [0, 0.1) is 0 Å². The Morgan fingerprint density at radius 2 is 2.30 bits per heavy atom. The molecule has 6 heteroatoms. The van der Waals surface area contributed by atoms with E-state index in [2.05, 4.69) is 21.4 Å². The molecule has 0 saturated heterocycles. The van der Waals surface area contributed by atoms with Gasteiger partial charge in [0, 0.05) is 24.7 Å². The van der Waals surface area contributed by atoms with Gasteiger partial charge in [-0.2, -0.15) is 0 Å². The minimum atomic E-state index is -1.04. The van der Waals surface area contributed by atoms with E-state index in [1.807, 2.05) is 0 Å². The molecule has 0 bridgehead atoms. The molecular formula is C14H19N3O3. The maximum atomic E-state index is 11.9. The highest BCUT2D eigenvalue weighted by atomic mass is 16.4. The minimum absolute atomic E-state index is 0.208. The maximum absolute atomic E-state index is 11.9. The number of nitrogens with zero attached hydrogens (tertiary/aromatic N) is 1. The number of hydrogen-bond acceptors (Lipinski definition) is 3. The molecule has 1 aliphatic carbocycles. The highest BCUT2D eigenvalue weighted by molar-refractivity contribution is 5.85. The second-order valence-electron chi connectivity index (χ2n) is 5.02. The van der Waals surface area contributed by atoms with Crippen molar-refractivity contribution in [1.82, 2.24) is 15.3 Å². The predicted octanol–water partition coefficient (Wildman–Crippen LogP) is 1.41. The first kappa shape index (κ1) is 14.3. The number of carboxylic acids is 1. The number of imidazole rings is 1. The van der Waals surface area contributed by atoms with Crippen LogP contribution < -0.4 is 5.32 Å².